The lowest BCUT2D eigenvalue weighted by Crippen LogP contribution is -2.46. The molecule has 0 unspecified atom stereocenters. The van der Waals surface area contributed by atoms with Crippen molar-refractivity contribution in [3.05, 3.63) is 42.5 Å². The molecule has 2 aliphatic rings. The summed E-state index contributed by atoms with van der Waals surface area (Å²) in [6.07, 6.45) is 7.81. The van der Waals surface area contributed by atoms with Crippen molar-refractivity contribution >= 4 is 17.6 Å². The van der Waals surface area contributed by atoms with Crippen molar-refractivity contribution in [1.82, 2.24) is 15.2 Å². The average molecular weight is 398 g/mol. The van der Waals surface area contributed by atoms with Crippen molar-refractivity contribution in [2.24, 2.45) is 5.92 Å². The van der Waals surface area contributed by atoms with Crippen LogP contribution in [0.5, 0.6) is 5.88 Å². The van der Waals surface area contributed by atoms with E-state index in [4.69, 9.17) is 9.15 Å². The number of hydrogen-bond acceptors (Lipinski definition) is 5. The highest BCUT2D eigenvalue weighted by Gasteiger charge is 2.26. The Morgan fingerprint density at radius 1 is 1.17 bits per heavy atom. The molecule has 8 nitrogen and oxygen atoms in total. The van der Waals surface area contributed by atoms with Gasteiger partial charge in [0.05, 0.1) is 24.7 Å². The fraction of sp³-hybridized carbons (Fsp3) is 0.476. The molecule has 0 radical (unpaired) electrons. The molecule has 1 aliphatic heterocycles. The Labute approximate surface area is 169 Å². The monoisotopic (exact) mass is 398 g/mol. The molecule has 4 rings (SSSR count). The predicted molar refractivity (Wildman–Crippen MR) is 106 cm³/mol. The normalized spacial score (nSPS) is 17.4. The molecule has 2 fully saturated rings. The van der Waals surface area contributed by atoms with Gasteiger partial charge < -0.3 is 24.7 Å². The van der Waals surface area contributed by atoms with Gasteiger partial charge in [-0.15, -0.1) is 0 Å². The van der Waals surface area contributed by atoms with Crippen molar-refractivity contribution in [3.8, 4) is 5.88 Å². The quantitative estimate of drug-likeness (QED) is 0.779. The molecule has 2 aromatic rings. The van der Waals surface area contributed by atoms with Crippen LogP contribution in [0.25, 0.3) is 0 Å². The number of nitrogens with zero attached hydrogens (tertiary/aromatic N) is 2. The molecular weight excluding hydrogens is 372 g/mol. The van der Waals surface area contributed by atoms with Crippen molar-refractivity contribution in [2.75, 3.05) is 18.4 Å². The second kappa shape index (κ2) is 8.98. The SMILES string of the molecule is O=C(Nc1ccc(OC2CCN(C(=O)NCc3ccco3)CC2)nc1)C1CCC1. The first-order valence-electron chi connectivity index (χ1n) is 10.2. The lowest BCUT2D eigenvalue weighted by atomic mass is 9.85. The second-order valence-electron chi connectivity index (χ2n) is 7.54. The molecule has 1 saturated heterocycles. The van der Waals surface area contributed by atoms with E-state index in [1.165, 1.54) is 0 Å². The average Bonchev–Trinajstić information content (AvgIpc) is 3.20. The molecule has 0 bridgehead atoms. The van der Waals surface area contributed by atoms with E-state index < -0.39 is 0 Å². The smallest absolute Gasteiger partial charge is 0.317 e. The summed E-state index contributed by atoms with van der Waals surface area (Å²) in [5.74, 6) is 1.49. The van der Waals surface area contributed by atoms with Crippen molar-refractivity contribution in [2.45, 2.75) is 44.8 Å². The van der Waals surface area contributed by atoms with Gasteiger partial charge in [0.15, 0.2) is 0 Å². The zero-order valence-electron chi connectivity index (χ0n) is 16.3. The molecule has 154 valence electrons. The Kier molecular flexibility index (Phi) is 5.97. The highest BCUT2D eigenvalue weighted by atomic mass is 16.5. The first kappa shape index (κ1) is 19.3. The van der Waals surface area contributed by atoms with Crippen LogP contribution >= 0.6 is 0 Å². The summed E-state index contributed by atoms with van der Waals surface area (Å²) in [6.45, 7) is 1.64. The Morgan fingerprint density at radius 3 is 2.62 bits per heavy atom. The van der Waals surface area contributed by atoms with Crippen LogP contribution in [0.1, 0.15) is 37.9 Å². The number of amides is 3. The zero-order valence-corrected chi connectivity index (χ0v) is 16.3. The number of aromatic nitrogens is 1. The topological polar surface area (TPSA) is 96.7 Å². The number of furan rings is 1. The van der Waals surface area contributed by atoms with Crippen LogP contribution < -0.4 is 15.4 Å². The van der Waals surface area contributed by atoms with Gasteiger partial charge >= 0.3 is 6.03 Å². The number of carbonyl (C=O) groups excluding carboxylic acids is 2. The van der Waals surface area contributed by atoms with Crippen LogP contribution in [0.2, 0.25) is 0 Å². The van der Waals surface area contributed by atoms with Crippen LogP contribution in [0, 0.1) is 5.92 Å². The maximum absolute atomic E-state index is 12.2. The molecule has 29 heavy (non-hydrogen) atoms. The van der Waals surface area contributed by atoms with Crippen LogP contribution in [0.15, 0.2) is 41.1 Å². The summed E-state index contributed by atoms with van der Waals surface area (Å²) >= 11 is 0. The molecule has 2 aromatic heterocycles. The summed E-state index contributed by atoms with van der Waals surface area (Å²) in [5.41, 5.74) is 0.692. The highest BCUT2D eigenvalue weighted by Crippen LogP contribution is 2.27. The van der Waals surface area contributed by atoms with E-state index in [9.17, 15) is 9.59 Å². The molecular formula is C21H26N4O4. The lowest BCUT2D eigenvalue weighted by molar-refractivity contribution is -0.122. The van der Waals surface area contributed by atoms with Gasteiger partial charge in [-0.3, -0.25) is 4.79 Å². The number of carbonyl (C=O) groups is 2. The van der Waals surface area contributed by atoms with E-state index in [0.29, 0.717) is 31.2 Å². The minimum Gasteiger partial charge on any atom is -0.474 e. The van der Waals surface area contributed by atoms with Gasteiger partial charge in [0.2, 0.25) is 11.8 Å². The summed E-state index contributed by atoms with van der Waals surface area (Å²) in [5, 5.41) is 5.76. The minimum atomic E-state index is -0.0930. The van der Waals surface area contributed by atoms with Gasteiger partial charge in [-0.05, 0) is 31.0 Å². The Hall–Kier alpha value is -3.03. The maximum Gasteiger partial charge on any atom is 0.317 e. The molecule has 1 aliphatic carbocycles. The standard InChI is InChI=1S/C21H26N4O4/c26-20(15-3-1-4-15)24-16-6-7-19(22-13-16)29-17-8-10-25(11-9-17)21(27)23-14-18-5-2-12-28-18/h2,5-7,12-13,15,17H,1,3-4,8-11,14H2,(H,23,27)(H,24,26). The summed E-state index contributed by atoms with van der Waals surface area (Å²) in [4.78, 5) is 30.3. The third-order valence-corrected chi connectivity index (χ3v) is 5.49. The van der Waals surface area contributed by atoms with Crippen LogP contribution in [0.3, 0.4) is 0 Å². The van der Waals surface area contributed by atoms with Crippen molar-refractivity contribution in [3.63, 3.8) is 0 Å². The fourth-order valence-electron chi connectivity index (χ4n) is 3.47. The minimum absolute atomic E-state index is 0.0204. The van der Waals surface area contributed by atoms with E-state index in [0.717, 1.165) is 37.9 Å². The number of urea groups is 1. The number of anilines is 1. The predicted octanol–water partition coefficient (Wildman–Crippen LogP) is 3.17. The van der Waals surface area contributed by atoms with Gasteiger partial charge in [0.1, 0.15) is 11.9 Å². The number of hydrogen-bond donors (Lipinski definition) is 2. The number of likely N-dealkylation sites (tertiary alicyclic amines) is 1. The molecule has 3 heterocycles. The number of nitrogens with one attached hydrogen (secondary N) is 2. The van der Waals surface area contributed by atoms with E-state index in [-0.39, 0.29) is 24.0 Å². The number of rotatable bonds is 6. The van der Waals surface area contributed by atoms with Gasteiger partial charge in [0.25, 0.3) is 0 Å². The molecule has 1 saturated carbocycles. The Balaban J connectivity index is 1.19. The first-order chi connectivity index (χ1) is 14.2. The van der Waals surface area contributed by atoms with Crippen LogP contribution in [0.4, 0.5) is 10.5 Å². The second-order valence-corrected chi connectivity index (χ2v) is 7.54. The first-order valence-corrected chi connectivity index (χ1v) is 10.2. The van der Waals surface area contributed by atoms with Crippen LogP contribution in [-0.2, 0) is 11.3 Å². The fourth-order valence-corrected chi connectivity index (χ4v) is 3.47. The van der Waals surface area contributed by atoms with E-state index in [1.54, 1.807) is 29.5 Å². The summed E-state index contributed by atoms with van der Waals surface area (Å²) in [6, 6.07) is 7.13. The molecule has 0 aromatic carbocycles. The molecule has 0 spiro atoms. The number of pyridine rings is 1. The zero-order chi connectivity index (χ0) is 20.1. The highest BCUT2D eigenvalue weighted by molar-refractivity contribution is 5.92. The van der Waals surface area contributed by atoms with Gasteiger partial charge in [-0.1, -0.05) is 6.42 Å². The molecule has 3 amide bonds. The molecule has 0 atom stereocenters. The van der Waals surface area contributed by atoms with Crippen molar-refractivity contribution in [1.29, 1.82) is 0 Å². The van der Waals surface area contributed by atoms with E-state index in [2.05, 4.69) is 15.6 Å². The number of ether oxygens (including phenoxy) is 1. The third kappa shape index (κ3) is 5.07. The van der Waals surface area contributed by atoms with E-state index in [1.807, 2.05) is 12.1 Å². The summed E-state index contributed by atoms with van der Waals surface area (Å²) in [7, 11) is 0. The Bertz CT molecular complexity index is 810. The molecule has 2 N–H and O–H groups in total. The van der Waals surface area contributed by atoms with Crippen LogP contribution in [-0.4, -0.2) is 41.0 Å². The van der Waals surface area contributed by atoms with Gasteiger partial charge in [-0.2, -0.15) is 0 Å². The summed E-state index contributed by atoms with van der Waals surface area (Å²) < 4.78 is 11.2. The van der Waals surface area contributed by atoms with Crippen molar-refractivity contribution < 1.29 is 18.7 Å². The maximum atomic E-state index is 12.2. The number of piperidine rings is 1. The largest absolute Gasteiger partial charge is 0.474 e. The van der Waals surface area contributed by atoms with Gasteiger partial charge in [0, 0.05) is 37.9 Å². The Morgan fingerprint density at radius 2 is 2.00 bits per heavy atom. The third-order valence-electron chi connectivity index (χ3n) is 5.49. The molecule has 8 heteroatoms. The lowest BCUT2D eigenvalue weighted by Gasteiger charge is -2.31. The van der Waals surface area contributed by atoms with Gasteiger partial charge in [-0.25, -0.2) is 9.78 Å². The van der Waals surface area contributed by atoms with E-state index >= 15 is 0 Å².